The van der Waals surface area contributed by atoms with E-state index in [1.54, 1.807) is 6.26 Å². The van der Waals surface area contributed by atoms with E-state index in [0.717, 1.165) is 5.70 Å². The zero-order valence-corrected chi connectivity index (χ0v) is 5.16. The number of allylic oxidation sites excluding steroid dienone is 1. The second-order valence-electron chi connectivity index (χ2n) is 2.18. The zero-order valence-electron chi connectivity index (χ0n) is 5.16. The second kappa shape index (κ2) is 1.43. The molecule has 0 amide bonds. The quantitative estimate of drug-likeness (QED) is 0.510. The van der Waals surface area contributed by atoms with Crippen molar-refractivity contribution in [3.63, 3.8) is 0 Å². The lowest BCUT2D eigenvalue weighted by Gasteiger charge is -2.14. The molecule has 2 aliphatic heterocycles. The largest absolute Gasteiger partial charge is 0.471 e. The van der Waals surface area contributed by atoms with Crippen molar-refractivity contribution in [2.45, 2.75) is 13.2 Å². The Morgan fingerprint density at radius 1 is 1.78 bits per heavy atom. The van der Waals surface area contributed by atoms with E-state index >= 15 is 0 Å². The molecule has 0 spiro atoms. The summed E-state index contributed by atoms with van der Waals surface area (Å²) in [5.74, 6) is 0. The van der Waals surface area contributed by atoms with Crippen LogP contribution in [0.3, 0.4) is 0 Å². The van der Waals surface area contributed by atoms with Crippen LogP contribution in [0.15, 0.2) is 24.2 Å². The SMILES string of the molecule is CC1=CC2OC=CN2N1. The maximum absolute atomic E-state index is 5.15. The maximum Gasteiger partial charge on any atom is 0.209 e. The Morgan fingerprint density at radius 3 is 3.44 bits per heavy atom. The first-order valence-corrected chi connectivity index (χ1v) is 2.92. The molecule has 0 saturated heterocycles. The Hall–Kier alpha value is -1.12. The fraction of sp³-hybridized carbons (Fsp3) is 0.333. The van der Waals surface area contributed by atoms with Gasteiger partial charge in [-0.15, -0.1) is 0 Å². The monoisotopic (exact) mass is 124 g/mol. The number of hydrogen-bond acceptors (Lipinski definition) is 3. The Bertz CT molecular complexity index is 185. The first-order chi connectivity index (χ1) is 4.36. The molecule has 0 fully saturated rings. The molecule has 3 nitrogen and oxygen atoms in total. The highest BCUT2D eigenvalue weighted by Gasteiger charge is 2.23. The molecule has 48 valence electrons. The van der Waals surface area contributed by atoms with E-state index in [9.17, 15) is 0 Å². The van der Waals surface area contributed by atoms with Gasteiger partial charge in [0, 0.05) is 5.70 Å². The summed E-state index contributed by atoms with van der Waals surface area (Å²) in [6, 6.07) is 0. The van der Waals surface area contributed by atoms with Crippen molar-refractivity contribution < 1.29 is 4.74 Å². The van der Waals surface area contributed by atoms with Crippen molar-refractivity contribution >= 4 is 0 Å². The molecule has 3 heteroatoms. The smallest absolute Gasteiger partial charge is 0.209 e. The van der Waals surface area contributed by atoms with Crippen LogP contribution in [0.4, 0.5) is 0 Å². The fourth-order valence-corrected chi connectivity index (χ4v) is 1.01. The van der Waals surface area contributed by atoms with E-state index in [1.807, 2.05) is 24.2 Å². The summed E-state index contributed by atoms with van der Waals surface area (Å²) in [7, 11) is 0. The van der Waals surface area contributed by atoms with Crippen LogP contribution in [-0.4, -0.2) is 11.2 Å². The number of hydrogen-bond donors (Lipinski definition) is 1. The van der Waals surface area contributed by atoms with Gasteiger partial charge in [0.2, 0.25) is 6.23 Å². The molecule has 1 unspecified atom stereocenters. The van der Waals surface area contributed by atoms with Gasteiger partial charge in [0.25, 0.3) is 0 Å². The van der Waals surface area contributed by atoms with Gasteiger partial charge in [-0.2, -0.15) is 0 Å². The van der Waals surface area contributed by atoms with E-state index in [-0.39, 0.29) is 6.23 Å². The first kappa shape index (κ1) is 4.73. The average molecular weight is 124 g/mol. The molecule has 9 heavy (non-hydrogen) atoms. The van der Waals surface area contributed by atoms with E-state index in [1.165, 1.54) is 0 Å². The van der Waals surface area contributed by atoms with Gasteiger partial charge in [0.15, 0.2) is 0 Å². The van der Waals surface area contributed by atoms with Gasteiger partial charge in [0.05, 0.1) is 6.20 Å². The van der Waals surface area contributed by atoms with Gasteiger partial charge >= 0.3 is 0 Å². The van der Waals surface area contributed by atoms with Crippen molar-refractivity contribution in [3.8, 4) is 0 Å². The maximum atomic E-state index is 5.15. The minimum Gasteiger partial charge on any atom is -0.471 e. The van der Waals surface area contributed by atoms with Crippen LogP contribution >= 0.6 is 0 Å². The van der Waals surface area contributed by atoms with Gasteiger partial charge in [0.1, 0.15) is 6.26 Å². The summed E-state index contributed by atoms with van der Waals surface area (Å²) in [5, 5.41) is 1.91. The predicted octanol–water partition coefficient (Wildman–Crippen LogP) is 0.538. The Morgan fingerprint density at radius 2 is 2.67 bits per heavy atom. The summed E-state index contributed by atoms with van der Waals surface area (Å²) >= 11 is 0. The normalized spacial score (nSPS) is 29.2. The van der Waals surface area contributed by atoms with Crippen LogP contribution < -0.4 is 5.43 Å². The van der Waals surface area contributed by atoms with E-state index in [0.29, 0.717) is 0 Å². The highest BCUT2D eigenvalue weighted by Crippen LogP contribution is 2.16. The highest BCUT2D eigenvalue weighted by molar-refractivity contribution is 5.10. The summed E-state index contributed by atoms with van der Waals surface area (Å²) in [6.45, 7) is 2.01. The Labute approximate surface area is 53.6 Å². The van der Waals surface area contributed by atoms with Crippen molar-refractivity contribution in [3.05, 3.63) is 24.2 Å². The lowest BCUT2D eigenvalue weighted by molar-refractivity contribution is 0.0928. The lowest BCUT2D eigenvalue weighted by Crippen LogP contribution is -2.30. The van der Waals surface area contributed by atoms with Crippen molar-refractivity contribution in [1.29, 1.82) is 0 Å². The van der Waals surface area contributed by atoms with Crippen LogP contribution in [0.2, 0.25) is 0 Å². The molecule has 0 saturated carbocycles. The van der Waals surface area contributed by atoms with Crippen LogP contribution in [0.5, 0.6) is 0 Å². The summed E-state index contributed by atoms with van der Waals surface area (Å²) < 4.78 is 5.15. The molecule has 2 aliphatic rings. The second-order valence-corrected chi connectivity index (χ2v) is 2.18. The Balaban J connectivity index is 2.19. The molecular formula is C6H8N2O. The standard InChI is InChI=1S/C6H8N2O/c1-5-4-6-8(7-5)2-3-9-6/h2-4,6-7H,1H3. The van der Waals surface area contributed by atoms with Crippen molar-refractivity contribution in [1.82, 2.24) is 10.4 Å². The third-order valence-corrected chi connectivity index (χ3v) is 1.41. The molecule has 0 aromatic heterocycles. The average Bonchev–Trinajstić information content (AvgIpc) is 2.22. The zero-order chi connectivity index (χ0) is 6.27. The summed E-state index contributed by atoms with van der Waals surface area (Å²) in [4.78, 5) is 0. The summed E-state index contributed by atoms with van der Waals surface area (Å²) in [6.07, 6.45) is 5.68. The van der Waals surface area contributed by atoms with Gasteiger partial charge in [-0.1, -0.05) is 0 Å². The topological polar surface area (TPSA) is 24.5 Å². The summed E-state index contributed by atoms with van der Waals surface area (Å²) in [5.41, 5.74) is 4.24. The van der Waals surface area contributed by atoms with E-state index < -0.39 is 0 Å². The predicted molar refractivity (Wildman–Crippen MR) is 32.7 cm³/mol. The van der Waals surface area contributed by atoms with Crippen LogP contribution in [0, 0.1) is 0 Å². The molecule has 0 aromatic carbocycles. The molecule has 0 aromatic rings. The third-order valence-electron chi connectivity index (χ3n) is 1.41. The van der Waals surface area contributed by atoms with Crippen LogP contribution in [0.25, 0.3) is 0 Å². The molecule has 0 aliphatic carbocycles. The number of nitrogens with one attached hydrogen (secondary N) is 1. The van der Waals surface area contributed by atoms with Crippen molar-refractivity contribution in [2.24, 2.45) is 0 Å². The molecule has 1 atom stereocenters. The van der Waals surface area contributed by atoms with Crippen molar-refractivity contribution in [2.75, 3.05) is 0 Å². The number of ether oxygens (including phenoxy) is 1. The molecule has 0 radical (unpaired) electrons. The third kappa shape index (κ3) is 0.575. The van der Waals surface area contributed by atoms with Crippen LogP contribution in [0.1, 0.15) is 6.92 Å². The molecule has 2 heterocycles. The minimum atomic E-state index is 0.102. The number of fused-ring (bicyclic) bond motifs is 1. The number of rotatable bonds is 0. The number of hydrazine groups is 1. The highest BCUT2D eigenvalue weighted by atomic mass is 16.5. The van der Waals surface area contributed by atoms with Crippen LogP contribution in [-0.2, 0) is 4.74 Å². The van der Waals surface area contributed by atoms with Gasteiger partial charge in [-0.25, -0.2) is 5.01 Å². The Kier molecular flexibility index (Phi) is 0.754. The molecular weight excluding hydrogens is 116 g/mol. The minimum absolute atomic E-state index is 0.102. The fourth-order valence-electron chi connectivity index (χ4n) is 1.01. The van der Waals surface area contributed by atoms with E-state index in [2.05, 4.69) is 5.43 Å². The van der Waals surface area contributed by atoms with Gasteiger partial charge < -0.3 is 4.74 Å². The first-order valence-electron chi connectivity index (χ1n) is 2.92. The van der Waals surface area contributed by atoms with Gasteiger partial charge in [-0.3, -0.25) is 5.43 Å². The number of nitrogens with zero attached hydrogens (tertiary/aromatic N) is 1. The van der Waals surface area contributed by atoms with E-state index in [4.69, 9.17) is 4.74 Å². The molecule has 0 bridgehead atoms. The van der Waals surface area contributed by atoms with Gasteiger partial charge in [-0.05, 0) is 13.0 Å². The lowest BCUT2D eigenvalue weighted by atomic mass is 10.4. The molecule has 2 rings (SSSR count). The molecule has 1 N–H and O–H groups in total.